The number of carbonyl (C=O) groups excluding carboxylic acids is 2. The fourth-order valence-corrected chi connectivity index (χ4v) is 3.41. The van der Waals surface area contributed by atoms with Crippen molar-refractivity contribution in [3.63, 3.8) is 0 Å². The molecule has 2 aromatic rings. The van der Waals surface area contributed by atoms with Gasteiger partial charge in [0, 0.05) is 5.69 Å². The van der Waals surface area contributed by atoms with E-state index in [-0.39, 0.29) is 12.3 Å². The smallest absolute Gasteiger partial charge is 0.230 e. The number of hydrogen-bond acceptors (Lipinski definition) is 3. The number of nitrogens with one attached hydrogen (secondary N) is 3. The van der Waals surface area contributed by atoms with Crippen LogP contribution in [0.3, 0.4) is 0 Å². The number of hydrogen-bond donors (Lipinski definition) is 3. The standard InChI is InChI=1S/C19H23N3O3/c1-21-8-10-22(11-9-21)17(19(24)25)13-18(23)20-16-7-6-14-4-2-3-5-15(14)12-16/h2-7,12,17H,8-11,13H2,1H3,(H,20,23)(H,24,25)/p+1/t17-/m1/s1. The number of benzene rings is 2. The summed E-state index contributed by atoms with van der Waals surface area (Å²) in [6, 6.07) is 12.8. The Labute approximate surface area is 147 Å². The van der Waals surface area contributed by atoms with Crippen LogP contribution in [0.5, 0.6) is 0 Å². The maximum Gasteiger partial charge on any atom is 0.230 e. The average Bonchev–Trinajstić information content (AvgIpc) is 2.60. The summed E-state index contributed by atoms with van der Waals surface area (Å²) in [7, 11) is 2.09. The number of carboxylic acid groups (broad SMARTS) is 1. The molecule has 0 aromatic heterocycles. The van der Waals surface area contributed by atoms with Gasteiger partial charge in [-0.1, -0.05) is 30.3 Å². The van der Waals surface area contributed by atoms with E-state index in [9.17, 15) is 14.7 Å². The van der Waals surface area contributed by atoms with Crippen LogP contribution in [0.2, 0.25) is 0 Å². The fourth-order valence-electron chi connectivity index (χ4n) is 3.41. The highest BCUT2D eigenvalue weighted by molar-refractivity contribution is 5.96. The van der Waals surface area contributed by atoms with Crippen LogP contribution in [0, 0.1) is 0 Å². The first-order valence-corrected chi connectivity index (χ1v) is 8.68. The van der Waals surface area contributed by atoms with Crippen molar-refractivity contribution in [2.45, 2.75) is 12.5 Å². The van der Waals surface area contributed by atoms with Crippen LogP contribution >= 0.6 is 0 Å². The number of anilines is 1. The minimum Gasteiger partial charge on any atom is -0.544 e. The Hall–Kier alpha value is -2.44. The number of piperazine rings is 1. The minimum absolute atomic E-state index is 0.0659. The van der Waals surface area contributed by atoms with E-state index in [0.29, 0.717) is 5.69 Å². The third-order valence-electron chi connectivity index (χ3n) is 4.95. The molecule has 1 amide bonds. The van der Waals surface area contributed by atoms with Crippen LogP contribution in [0.25, 0.3) is 10.8 Å². The number of carbonyl (C=O) groups is 2. The second-order valence-electron chi connectivity index (χ2n) is 6.80. The fraction of sp³-hybridized carbons (Fsp3) is 0.368. The van der Waals surface area contributed by atoms with Gasteiger partial charge in [0.1, 0.15) is 32.2 Å². The first-order valence-electron chi connectivity index (χ1n) is 8.68. The molecule has 0 aliphatic carbocycles. The molecule has 6 heteroatoms. The molecule has 0 unspecified atom stereocenters. The zero-order valence-corrected chi connectivity index (χ0v) is 14.4. The molecular formula is C19H24N3O3+. The van der Waals surface area contributed by atoms with Crippen molar-refractivity contribution in [1.29, 1.82) is 0 Å². The van der Waals surface area contributed by atoms with E-state index in [2.05, 4.69) is 12.4 Å². The molecule has 1 aliphatic heterocycles. The highest BCUT2D eigenvalue weighted by atomic mass is 16.4. The summed E-state index contributed by atoms with van der Waals surface area (Å²) in [5.41, 5.74) is 0.679. The molecule has 1 atom stereocenters. The molecule has 0 saturated carbocycles. The third kappa shape index (κ3) is 4.35. The molecule has 2 aromatic carbocycles. The number of aliphatic carboxylic acids is 1. The first kappa shape index (κ1) is 17.4. The van der Waals surface area contributed by atoms with Gasteiger partial charge >= 0.3 is 0 Å². The van der Waals surface area contributed by atoms with E-state index in [0.717, 1.165) is 41.9 Å². The van der Waals surface area contributed by atoms with E-state index in [4.69, 9.17) is 0 Å². The molecule has 3 rings (SSSR count). The summed E-state index contributed by atoms with van der Waals surface area (Å²) in [4.78, 5) is 26.2. The van der Waals surface area contributed by atoms with E-state index in [1.54, 1.807) is 0 Å². The van der Waals surface area contributed by atoms with Crippen LogP contribution in [0.1, 0.15) is 6.42 Å². The van der Waals surface area contributed by atoms with E-state index >= 15 is 0 Å². The van der Waals surface area contributed by atoms with Gasteiger partial charge in [-0.15, -0.1) is 0 Å². The molecule has 132 valence electrons. The largest absolute Gasteiger partial charge is 0.544 e. The molecule has 3 N–H and O–H groups in total. The zero-order chi connectivity index (χ0) is 17.8. The lowest BCUT2D eigenvalue weighted by molar-refractivity contribution is -1.01. The highest BCUT2D eigenvalue weighted by Gasteiger charge is 2.30. The van der Waals surface area contributed by atoms with Gasteiger partial charge in [0.15, 0.2) is 0 Å². The van der Waals surface area contributed by atoms with E-state index < -0.39 is 12.0 Å². The Balaban J connectivity index is 1.65. The first-order chi connectivity index (χ1) is 12.0. The minimum atomic E-state index is -1.15. The Bertz CT molecular complexity index is 769. The summed E-state index contributed by atoms with van der Waals surface area (Å²) >= 11 is 0. The van der Waals surface area contributed by atoms with Crippen molar-refractivity contribution >= 4 is 28.3 Å². The van der Waals surface area contributed by atoms with Crippen molar-refractivity contribution in [3.05, 3.63) is 42.5 Å². The molecule has 0 spiro atoms. The van der Waals surface area contributed by atoms with Crippen LogP contribution in [0.4, 0.5) is 5.69 Å². The van der Waals surface area contributed by atoms with Crippen LogP contribution in [0.15, 0.2) is 42.5 Å². The van der Waals surface area contributed by atoms with Crippen LogP contribution in [-0.4, -0.2) is 51.1 Å². The summed E-state index contributed by atoms with van der Waals surface area (Å²) in [5, 5.41) is 16.5. The number of carboxylic acids is 1. The highest BCUT2D eigenvalue weighted by Crippen LogP contribution is 2.18. The molecule has 1 saturated heterocycles. The molecule has 0 bridgehead atoms. The number of rotatable bonds is 5. The zero-order valence-electron chi connectivity index (χ0n) is 14.4. The van der Waals surface area contributed by atoms with Gasteiger partial charge in [-0.25, -0.2) is 0 Å². The quantitative estimate of drug-likeness (QED) is 0.572. The SMILES string of the molecule is C[NH+]1CC[NH+]([C@H](CC(=O)Nc2ccc3ccccc3c2)C(=O)[O-])CC1. The summed E-state index contributed by atoms with van der Waals surface area (Å²) in [5.74, 6) is -1.44. The predicted molar refractivity (Wildman–Crippen MR) is 93.3 cm³/mol. The maximum atomic E-state index is 12.3. The Morgan fingerprint density at radius 3 is 2.44 bits per heavy atom. The molecular weight excluding hydrogens is 318 g/mol. The lowest BCUT2D eigenvalue weighted by atomic mass is 10.1. The van der Waals surface area contributed by atoms with Crippen molar-refractivity contribution in [3.8, 4) is 0 Å². The topological polar surface area (TPSA) is 78.1 Å². The Morgan fingerprint density at radius 1 is 1.08 bits per heavy atom. The normalized spacial score (nSPS) is 21.6. The predicted octanol–water partition coefficient (Wildman–Crippen LogP) is -2.30. The van der Waals surface area contributed by atoms with Crippen molar-refractivity contribution in [1.82, 2.24) is 0 Å². The van der Waals surface area contributed by atoms with Gasteiger partial charge in [0.25, 0.3) is 0 Å². The number of amides is 1. The Kier molecular flexibility index (Phi) is 5.31. The second-order valence-corrected chi connectivity index (χ2v) is 6.80. The number of fused-ring (bicyclic) bond motifs is 1. The number of likely N-dealkylation sites (N-methyl/N-ethyl adjacent to an activating group) is 1. The van der Waals surface area contributed by atoms with Crippen LogP contribution < -0.4 is 20.2 Å². The van der Waals surface area contributed by atoms with Crippen molar-refractivity contribution in [2.24, 2.45) is 0 Å². The van der Waals surface area contributed by atoms with Gasteiger partial charge in [-0.05, 0) is 22.9 Å². The summed E-state index contributed by atoms with van der Waals surface area (Å²) in [6.07, 6.45) is -0.0659. The van der Waals surface area contributed by atoms with Crippen LogP contribution in [-0.2, 0) is 9.59 Å². The van der Waals surface area contributed by atoms with Crippen molar-refractivity contribution in [2.75, 3.05) is 38.5 Å². The van der Waals surface area contributed by atoms with Crippen molar-refractivity contribution < 1.29 is 24.5 Å². The number of quaternary nitrogens is 2. The average molecular weight is 342 g/mol. The second kappa shape index (κ2) is 7.63. The molecule has 1 aliphatic rings. The summed E-state index contributed by atoms with van der Waals surface area (Å²) < 4.78 is 0. The van der Waals surface area contributed by atoms with E-state index in [1.807, 2.05) is 42.5 Å². The Morgan fingerprint density at radius 2 is 1.76 bits per heavy atom. The summed E-state index contributed by atoms with van der Waals surface area (Å²) in [6.45, 7) is 3.30. The van der Waals surface area contributed by atoms with Gasteiger partial charge in [-0.3, -0.25) is 4.79 Å². The lowest BCUT2D eigenvalue weighted by Crippen LogP contribution is -3.29. The molecule has 0 radical (unpaired) electrons. The third-order valence-corrected chi connectivity index (χ3v) is 4.95. The monoisotopic (exact) mass is 342 g/mol. The molecule has 6 nitrogen and oxygen atoms in total. The van der Waals surface area contributed by atoms with Gasteiger partial charge < -0.3 is 25.0 Å². The maximum absolute atomic E-state index is 12.3. The molecule has 1 fully saturated rings. The molecule has 25 heavy (non-hydrogen) atoms. The van der Waals surface area contributed by atoms with E-state index in [1.165, 1.54) is 4.90 Å². The van der Waals surface area contributed by atoms with Gasteiger partial charge in [0.2, 0.25) is 5.91 Å². The molecule has 1 heterocycles. The van der Waals surface area contributed by atoms with Gasteiger partial charge in [0.05, 0.1) is 19.4 Å². The lowest BCUT2D eigenvalue weighted by Gasteiger charge is -2.33. The van der Waals surface area contributed by atoms with Gasteiger partial charge in [-0.2, -0.15) is 0 Å².